The van der Waals surface area contributed by atoms with Crippen molar-refractivity contribution < 1.29 is 4.52 Å². The molecule has 2 aromatic rings. The van der Waals surface area contributed by atoms with Gasteiger partial charge < -0.3 is 15.2 Å². The molecule has 0 saturated carbocycles. The zero-order valence-electron chi connectivity index (χ0n) is 10.3. The fourth-order valence-electron chi connectivity index (χ4n) is 2.08. The Balaban J connectivity index is 1.77. The Bertz CT molecular complexity index is 525. The molecule has 7 heteroatoms. The highest BCUT2D eigenvalue weighted by Crippen LogP contribution is 2.20. The van der Waals surface area contributed by atoms with Gasteiger partial charge in [-0.15, -0.1) is 5.10 Å². The summed E-state index contributed by atoms with van der Waals surface area (Å²) in [4.78, 5) is 6.56. The van der Waals surface area contributed by atoms with E-state index in [2.05, 4.69) is 25.2 Å². The number of rotatable bonds is 2. The first-order valence-electron chi connectivity index (χ1n) is 6.09. The number of hydrogen-bond donors (Lipinski definition) is 2. The second kappa shape index (κ2) is 4.41. The number of nitrogens with one attached hydrogen (secondary N) is 1. The Kier molecular flexibility index (Phi) is 2.75. The van der Waals surface area contributed by atoms with Crippen molar-refractivity contribution in [3.05, 3.63) is 11.8 Å². The van der Waals surface area contributed by atoms with Crippen LogP contribution in [0.25, 0.3) is 11.6 Å². The van der Waals surface area contributed by atoms with Gasteiger partial charge in [0.15, 0.2) is 5.82 Å². The molecular formula is C11H16N6O. The van der Waals surface area contributed by atoms with Crippen LogP contribution in [0.3, 0.4) is 0 Å². The molecule has 0 aliphatic carbocycles. The molecule has 2 aromatic heterocycles. The summed E-state index contributed by atoms with van der Waals surface area (Å²) in [6, 6.07) is 2.13. The zero-order chi connectivity index (χ0) is 12.5. The average Bonchev–Trinajstić information content (AvgIpc) is 2.98. The third kappa shape index (κ3) is 2.08. The van der Waals surface area contributed by atoms with Gasteiger partial charge in [0.25, 0.3) is 0 Å². The minimum atomic E-state index is 0.302. The third-order valence-electron chi connectivity index (χ3n) is 3.16. The van der Waals surface area contributed by atoms with Gasteiger partial charge in [0.05, 0.1) is 5.69 Å². The first-order valence-corrected chi connectivity index (χ1v) is 6.09. The highest BCUT2D eigenvalue weighted by molar-refractivity contribution is 5.49. The molecule has 1 aliphatic rings. The normalized spacial score (nSPS) is 17.3. The number of aromatic amines is 1. The Labute approximate surface area is 104 Å². The van der Waals surface area contributed by atoms with Crippen LogP contribution < -0.4 is 10.6 Å². The fourth-order valence-corrected chi connectivity index (χ4v) is 2.08. The topological polar surface area (TPSA) is 96.9 Å². The maximum Gasteiger partial charge on any atom is 0.245 e. The number of hydrogen-bond acceptors (Lipinski definition) is 6. The monoisotopic (exact) mass is 248 g/mol. The molecule has 1 fully saturated rings. The van der Waals surface area contributed by atoms with E-state index in [-0.39, 0.29) is 0 Å². The van der Waals surface area contributed by atoms with Gasteiger partial charge in [-0.2, -0.15) is 4.98 Å². The van der Waals surface area contributed by atoms with Crippen LogP contribution >= 0.6 is 0 Å². The summed E-state index contributed by atoms with van der Waals surface area (Å²) in [6.07, 6.45) is 1.95. The van der Waals surface area contributed by atoms with Gasteiger partial charge in [-0.1, -0.05) is 5.16 Å². The first kappa shape index (κ1) is 11.2. The summed E-state index contributed by atoms with van der Waals surface area (Å²) < 4.78 is 5.15. The van der Waals surface area contributed by atoms with Crippen molar-refractivity contribution in [2.24, 2.45) is 5.73 Å². The largest absolute Gasteiger partial charge is 0.353 e. The minimum absolute atomic E-state index is 0.302. The number of piperidine rings is 1. The van der Waals surface area contributed by atoms with Gasteiger partial charge in [0, 0.05) is 25.2 Å². The van der Waals surface area contributed by atoms with Crippen LogP contribution in [0.4, 0.5) is 5.95 Å². The van der Waals surface area contributed by atoms with E-state index in [4.69, 9.17) is 10.3 Å². The summed E-state index contributed by atoms with van der Waals surface area (Å²) in [6.45, 7) is 3.66. The summed E-state index contributed by atoms with van der Waals surface area (Å²) in [5.41, 5.74) is 6.70. The van der Waals surface area contributed by atoms with Crippen molar-refractivity contribution in [3.8, 4) is 11.6 Å². The molecule has 3 rings (SSSR count). The van der Waals surface area contributed by atoms with Crippen molar-refractivity contribution in [2.45, 2.75) is 25.8 Å². The Morgan fingerprint density at radius 2 is 2.22 bits per heavy atom. The zero-order valence-corrected chi connectivity index (χ0v) is 10.3. The number of anilines is 1. The molecule has 0 amide bonds. The molecular weight excluding hydrogens is 232 g/mol. The van der Waals surface area contributed by atoms with Crippen LogP contribution in [-0.4, -0.2) is 39.5 Å². The average molecular weight is 248 g/mol. The van der Waals surface area contributed by atoms with Crippen LogP contribution in [0, 0.1) is 6.92 Å². The molecule has 0 spiro atoms. The van der Waals surface area contributed by atoms with Gasteiger partial charge >= 0.3 is 0 Å². The molecule has 0 aromatic carbocycles. The van der Waals surface area contributed by atoms with E-state index >= 15 is 0 Å². The summed E-state index contributed by atoms with van der Waals surface area (Å²) >= 11 is 0. The Morgan fingerprint density at radius 1 is 1.44 bits per heavy atom. The lowest BCUT2D eigenvalue weighted by atomic mass is 10.1. The molecule has 3 heterocycles. The molecule has 1 aliphatic heterocycles. The summed E-state index contributed by atoms with van der Waals surface area (Å²) in [5, 5.41) is 10.9. The number of aryl methyl sites for hydroxylation is 1. The van der Waals surface area contributed by atoms with Gasteiger partial charge in [0.2, 0.25) is 11.7 Å². The molecule has 18 heavy (non-hydrogen) atoms. The van der Waals surface area contributed by atoms with Crippen molar-refractivity contribution in [1.82, 2.24) is 20.3 Å². The predicted molar refractivity (Wildman–Crippen MR) is 66.0 cm³/mol. The summed E-state index contributed by atoms with van der Waals surface area (Å²) in [5.74, 6) is 1.92. The maximum absolute atomic E-state index is 5.88. The lowest BCUT2D eigenvalue weighted by Crippen LogP contribution is -2.40. The minimum Gasteiger partial charge on any atom is -0.353 e. The van der Waals surface area contributed by atoms with Crippen molar-refractivity contribution >= 4 is 5.95 Å². The Hall–Kier alpha value is -1.89. The third-order valence-corrected chi connectivity index (χ3v) is 3.16. The molecule has 1 saturated heterocycles. The molecule has 3 N–H and O–H groups in total. The molecule has 7 nitrogen and oxygen atoms in total. The van der Waals surface area contributed by atoms with Crippen LogP contribution in [0.15, 0.2) is 10.6 Å². The second-order valence-corrected chi connectivity index (χ2v) is 4.64. The van der Waals surface area contributed by atoms with E-state index in [0.29, 0.717) is 23.6 Å². The molecule has 0 radical (unpaired) electrons. The maximum atomic E-state index is 5.88. The quantitative estimate of drug-likeness (QED) is 0.811. The highest BCUT2D eigenvalue weighted by atomic mass is 16.5. The molecule has 0 unspecified atom stereocenters. The van der Waals surface area contributed by atoms with E-state index in [1.165, 1.54) is 0 Å². The van der Waals surface area contributed by atoms with Gasteiger partial charge in [-0.05, 0) is 19.8 Å². The number of aromatic nitrogens is 4. The van der Waals surface area contributed by atoms with E-state index in [9.17, 15) is 0 Å². The van der Waals surface area contributed by atoms with Gasteiger partial charge in [0.1, 0.15) is 0 Å². The van der Waals surface area contributed by atoms with Gasteiger partial charge in [-0.25, -0.2) is 0 Å². The standard InChI is InChI=1S/C11H16N6O/c1-7-6-9(18-16-7)10-13-11(15-14-10)17-4-2-8(12)3-5-17/h6,8H,2-5,12H2,1H3,(H,13,14,15). The fraction of sp³-hybridized carbons (Fsp3) is 0.545. The van der Waals surface area contributed by atoms with Crippen LogP contribution in [-0.2, 0) is 0 Å². The smallest absolute Gasteiger partial charge is 0.245 e. The predicted octanol–water partition coefficient (Wildman–Crippen LogP) is 0.696. The second-order valence-electron chi connectivity index (χ2n) is 4.64. The van der Waals surface area contributed by atoms with E-state index in [1.54, 1.807) is 0 Å². The SMILES string of the molecule is Cc1cc(-c2nc(N3CCC(N)CC3)n[nH]2)on1. The molecule has 0 bridgehead atoms. The first-order chi connectivity index (χ1) is 8.72. The number of nitrogens with two attached hydrogens (primary N) is 1. The lowest BCUT2D eigenvalue weighted by Gasteiger charge is -2.28. The van der Waals surface area contributed by atoms with E-state index in [1.807, 2.05) is 13.0 Å². The molecule has 96 valence electrons. The van der Waals surface area contributed by atoms with Crippen molar-refractivity contribution in [2.75, 3.05) is 18.0 Å². The number of nitrogens with zero attached hydrogens (tertiary/aromatic N) is 4. The van der Waals surface area contributed by atoms with Crippen molar-refractivity contribution in [1.29, 1.82) is 0 Å². The van der Waals surface area contributed by atoms with Crippen LogP contribution in [0.1, 0.15) is 18.5 Å². The van der Waals surface area contributed by atoms with Crippen LogP contribution in [0.2, 0.25) is 0 Å². The van der Waals surface area contributed by atoms with Crippen LogP contribution in [0.5, 0.6) is 0 Å². The summed E-state index contributed by atoms with van der Waals surface area (Å²) in [7, 11) is 0. The lowest BCUT2D eigenvalue weighted by molar-refractivity contribution is 0.424. The van der Waals surface area contributed by atoms with E-state index < -0.39 is 0 Å². The Morgan fingerprint density at radius 3 is 2.89 bits per heavy atom. The van der Waals surface area contributed by atoms with Crippen molar-refractivity contribution in [3.63, 3.8) is 0 Å². The van der Waals surface area contributed by atoms with Gasteiger partial charge in [-0.3, -0.25) is 5.10 Å². The van der Waals surface area contributed by atoms with E-state index in [0.717, 1.165) is 31.6 Å². The highest BCUT2D eigenvalue weighted by Gasteiger charge is 2.20. The molecule has 0 atom stereocenters. The number of H-pyrrole nitrogens is 1.